The number of nitrogens with one attached hydrogen (secondary N) is 1. The van der Waals surface area contributed by atoms with E-state index in [0.29, 0.717) is 16.6 Å². The van der Waals surface area contributed by atoms with Gasteiger partial charge in [-0.25, -0.2) is 9.97 Å². The van der Waals surface area contributed by atoms with E-state index in [2.05, 4.69) is 15.3 Å². The van der Waals surface area contributed by atoms with Crippen molar-refractivity contribution in [3.63, 3.8) is 0 Å². The molecule has 6 nitrogen and oxygen atoms in total. The summed E-state index contributed by atoms with van der Waals surface area (Å²) in [6, 6.07) is 12.9. The van der Waals surface area contributed by atoms with Crippen LogP contribution in [0.25, 0.3) is 22.2 Å². The Labute approximate surface area is 165 Å². The summed E-state index contributed by atoms with van der Waals surface area (Å²) < 4.78 is 1.32. The molecule has 2 aromatic heterocycles. The van der Waals surface area contributed by atoms with Crippen LogP contribution in [-0.2, 0) is 11.3 Å². The molecule has 0 aliphatic carbocycles. The number of thiazole rings is 1. The fourth-order valence-electron chi connectivity index (χ4n) is 3.03. The zero-order valence-corrected chi connectivity index (χ0v) is 16.3. The van der Waals surface area contributed by atoms with Crippen LogP contribution in [0.4, 0.5) is 5.69 Å². The number of fused-ring (bicyclic) bond motifs is 1. The third-order valence-electron chi connectivity index (χ3n) is 4.45. The van der Waals surface area contributed by atoms with E-state index in [1.807, 2.05) is 55.6 Å². The summed E-state index contributed by atoms with van der Waals surface area (Å²) in [6.45, 7) is 3.78. The van der Waals surface area contributed by atoms with Crippen molar-refractivity contribution >= 4 is 33.8 Å². The number of anilines is 1. The Kier molecular flexibility index (Phi) is 4.75. The number of hydrogen-bond acceptors (Lipinski definition) is 5. The molecular weight excluding hydrogens is 372 g/mol. The van der Waals surface area contributed by atoms with Crippen LogP contribution in [0.3, 0.4) is 0 Å². The average Bonchev–Trinajstić information content (AvgIpc) is 3.11. The first-order chi connectivity index (χ1) is 13.5. The van der Waals surface area contributed by atoms with Crippen LogP contribution in [-0.4, -0.2) is 20.4 Å². The van der Waals surface area contributed by atoms with Crippen molar-refractivity contribution in [2.24, 2.45) is 0 Å². The van der Waals surface area contributed by atoms with Crippen LogP contribution >= 0.6 is 11.3 Å². The number of benzene rings is 2. The van der Waals surface area contributed by atoms with Gasteiger partial charge in [-0.15, -0.1) is 11.3 Å². The van der Waals surface area contributed by atoms with Gasteiger partial charge < -0.3 is 5.32 Å². The Morgan fingerprint density at radius 1 is 1.14 bits per heavy atom. The van der Waals surface area contributed by atoms with Gasteiger partial charge in [-0.2, -0.15) is 0 Å². The molecule has 1 amide bonds. The van der Waals surface area contributed by atoms with Crippen molar-refractivity contribution in [1.82, 2.24) is 14.5 Å². The summed E-state index contributed by atoms with van der Waals surface area (Å²) >= 11 is 1.60. The van der Waals surface area contributed by atoms with Crippen molar-refractivity contribution in [1.29, 1.82) is 0 Å². The van der Waals surface area contributed by atoms with Crippen LogP contribution in [0.5, 0.6) is 0 Å². The first kappa shape index (κ1) is 18.1. The molecule has 0 saturated heterocycles. The lowest BCUT2D eigenvalue weighted by Gasteiger charge is -2.09. The Hall–Kier alpha value is -3.32. The molecule has 0 atom stereocenters. The minimum atomic E-state index is -0.284. The zero-order chi connectivity index (χ0) is 19.7. The smallest absolute Gasteiger partial charge is 0.261 e. The summed E-state index contributed by atoms with van der Waals surface area (Å²) in [7, 11) is 0. The predicted molar refractivity (Wildman–Crippen MR) is 112 cm³/mol. The molecule has 2 heterocycles. The van der Waals surface area contributed by atoms with Crippen molar-refractivity contribution < 1.29 is 4.79 Å². The van der Waals surface area contributed by atoms with Gasteiger partial charge in [0, 0.05) is 16.6 Å². The van der Waals surface area contributed by atoms with E-state index >= 15 is 0 Å². The zero-order valence-electron chi connectivity index (χ0n) is 15.5. The summed E-state index contributed by atoms with van der Waals surface area (Å²) in [5.74, 6) is -0.284. The van der Waals surface area contributed by atoms with Gasteiger partial charge in [0.05, 0.1) is 27.9 Å². The van der Waals surface area contributed by atoms with Gasteiger partial charge in [-0.1, -0.05) is 24.3 Å². The molecule has 0 aliphatic rings. The number of hydrogen-bond donors (Lipinski definition) is 1. The Morgan fingerprint density at radius 3 is 2.64 bits per heavy atom. The largest absolute Gasteiger partial charge is 0.325 e. The molecule has 4 rings (SSSR count). The van der Waals surface area contributed by atoms with Crippen molar-refractivity contribution in [3.8, 4) is 11.3 Å². The van der Waals surface area contributed by atoms with E-state index in [-0.39, 0.29) is 18.0 Å². The van der Waals surface area contributed by atoms with E-state index in [9.17, 15) is 9.59 Å². The summed E-state index contributed by atoms with van der Waals surface area (Å²) in [6.07, 6.45) is 1.42. The fraction of sp³-hybridized carbons (Fsp3) is 0.143. The second-order valence-corrected chi connectivity index (χ2v) is 7.59. The first-order valence-electron chi connectivity index (χ1n) is 8.78. The number of aryl methyl sites for hydroxylation is 2. The Balaban J connectivity index is 1.49. The number of carbonyl (C=O) groups is 1. The topological polar surface area (TPSA) is 76.9 Å². The monoisotopic (exact) mass is 390 g/mol. The number of rotatable bonds is 4. The fourth-order valence-corrected chi connectivity index (χ4v) is 3.65. The standard InChI is InChI=1S/C21H18N4O2S/c1-13-4-3-5-17-20(13)22-12-25(21(17)27)10-19(26)24-16-8-6-15(7-9-16)18-11-28-14(2)23-18/h3-9,11-12H,10H2,1-2H3,(H,24,26). The van der Waals surface area contributed by atoms with Crippen LogP contribution < -0.4 is 10.9 Å². The summed E-state index contributed by atoms with van der Waals surface area (Å²) in [5, 5.41) is 6.34. The average molecular weight is 390 g/mol. The second kappa shape index (κ2) is 7.36. The highest BCUT2D eigenvalue weighted by atomic mass is 32.1. The Bertz CT molecular complexity index is 1230. The number of amides is 1. The van der Waals surface area contributed by atoms with Crippen LogP contribution in [0.1, 0.15) is 10.6 Å². The third-order valence-corrected chi connectivity index (χ3v) is 5.23. The molecule has 0 saturated carbocycles. The van der Waals surface area contributed by atoms with Crippen molar-refractivity contribution in [3.05, 3.63) is 75.1 Å². The van der Waals surface area contributed by atoms with Gasteiger partial charge in [-0.3, -0.25) is 14.2 Å². The number of nitrogens with zero attached hydrogens (tertiary/aromatic N) is 3. The molecule has 2 aromatic carbocycles. The molecule has 0 radical (unpaired) electrons. The molecule has 0 aliphatic heterocycles. The van der Waals surface area contributed by atoms with Crippen LogP contribution in [0, 0.1) is 13.8 Å². The maximum absolute atomic E-state index is 12.6. The normalized spacial score (nSPS) is 10.9. The lowest BCUT2D eigenvalue weighted by Crippen LogP contribution is -2.28. The van der Waals surface area contributed by atoms with Crippen molar-refractivity contribution in [2.45, 2.75) is 20.4 Å². The maximum atomic E-state index is 12.6. The highest BCUT2D eigenvalue weighted by molar-refractivity contribution is 7.09. The minimum absolute atomic E-state index is 0.0945. The number of para-hydroxylation sites is 1. The predicted octanol–water partition coefficient (Wildman–Crippen LogP) is 3.78. The highest BCUT2D eigenvalue weighted by Crippen LogP contribution is 2.23. The van der Waals surface area contributed by atoms with Gasteiger partial charge in [0.1, 0.15) is 6.54 Å². The van der Waals surface area contributed by atoms with E-state index in [1.54, 1.807) is 17.4 Å². The highest BCUT2D eigenvalue weighted by Gasteiger charge is 2.10. The molecule has 1 N–H and O–H groups in total. The SMILES string of the molecule is Cc1nc(-c2ccc(NC(=O)Cn3cnc4c(C)cccc4c3=O)cc2)cs1. The second-order valence-electron chi connectivity index (χ2n) is 6.53. The van der Waals surface area contributed by atoms with Gasteiger partial charge in [0.15, 0.2) is 0 Å². The quantitative estimate of drug-likeness (QED) is 0.575. The van der Waals surface area contributed by atoms with Crippen molar-refractivity contribution in [2.75, 3.05) is 5.32 Å². The van der Waals surface area contributed by atoms with Gasteiger partial charge in [0.2, 0.25) is 5.91 Å². The van der Waals surface area contributed by atoms with E-state index in [0.717, 1.165) is 21.8 Å². The number of aromatic nitrogens is 3. The van der Waals surface area contributed by atoms with E-state index < -0.39 is 0 Å². The van der Waals surface area contributed by atoms with Gasteiger partial charge in [0.25, 0.3) is 5.56 Å². The van der Waals surface area contributed by atoms with E-state index in [1.165, 1.54) is 10.9 Å². The molecule has 0 fully saturated rings. The first-order valence-corrected chi connectivity index (χ1v) is 9.66. The molecule has 0 spiro atoms. The molecule has 0 bridgehead atoms. The lowest BCUT2D eigenvalue weighted by molar-refractivity contribution is -0.116. The summed E-state index contributed by atoms with van der Waals surface area (Å²) in [5.41, 5.74) is 3.95. The van der Waals surface area contributed by atoms with Crippen LogP contribution in [0.15, 0.2) is 59.0 Å². The Morgan fingerprint density at radius 2 is 1.93 bits per heavy atom. The molecule has 4 aromatic rings. The molecule has 28 heavy (non-hydrogen) atoms. The lowest BCUT2D eigenvalue weighted by atomic mass is 10.1. The van der Waals surface area contributed by atoms with Crippen LogP contribution in [0.2, 0.25) is 0 Å². The maximum Gasteiger partial charge on any atom is 0.261 e. The molecular formula is C21H18N4O2S. The molecule has 140 valence electrons. The number of carbonyl (C=O) groups excluding carboxylic acids is 1. The van der Waals surface area contributed by atoms with Gasteiger partial charge >= 0.3 is 0 Å². The third kappa shape index (κ3) is 3.57. The molecule has 7 heteroatoms. The van der Waals surface area contributed by atoms with E-state index in [4.69, 9.17) is 0 Å². The summed E-state index contributed by atoms with van der Waals surface area (Å²) in [4.78, 5) is 33.8. The van der Waals surface area contributed by atoms with Gasteiger partial charge in [-0.05, 0) is 37.6 Å². The minimum Gasteiger partial charge on any atom is -0.325 e. The molecule has 0 unspecified atom stereocenters.